The van der Waals surface area contributed by atoms with E-state index in [9.17, 15) is 0 Å². The molecule has 4 nitrogen and oxygen atoms in total. The smallest absolute Gasteiger partial charge is 0.124 e. The summed E-state index contributed by atoms with van der Waals surface area (Å²) < 4.78 is 5.68. The number of fused-ring (bicyclic) bond motifs is 1. The highest BCUT2D eigenvalue weighted by molar-refractivity contribution is 5.74. The summed E-state index contributed by atoms with van der Waals surface area (Å²) >= 11 is 0. The van der Waals surface area contributed by atoms with Crippen LogP contribution in [0.15, 0.2) is 40.8 Å². The number of aromatic amines is 1. The second-order valence-electron chi connectivity index (χ2n) is 4.96. The van der Waals surface area contributed by atoms with Crippen molar-refractivity contribution >= 4 is 11.0 Å². The Balaban J connectivity index is 1.67. The third kappa shape index (κ3) is 2.60. The molecule has 0 spiro atoms. The maximum atomic E-state index is 5.68. The largest absolute Gasteiger partial charge is 0.465 e. The number of rotatable bonds is 5. The van der Waals surface area contributed by atoms with Gasteiger partial charge in [0.1, 0.15) is 17.3 Å². The number of para-hydroxylation sites is 2. The van der Waals surface area contributed by atoms with Crippen molar-refractivity contribution < 1.29 is 4.42 Å². The average Bonchev–Trinajstić information content (AvgIpc) is 3.10. The maximum absolute atomic E-state index is 5.68. The van der Waals surface area contributed by atoms with Crippen molar-refractivity contribution in [1.29, 1.82) is 0 Å². The zero-order valence-corrected chi connectivity index (χ0v) is 11.8. The molecule has 0 bridgehead atoms. The lowest BCUT2D eigenvalue weighted by atomic mass is 10.3. The second-order valence-corrected chi connectivity index (χ2v) is 4.96. The minimum Gasteiger partial charge on any atom is -0.465 e. The lowest BCUT2D eigenvalue weighted by molar-refractivity contribution is 0.431. The SMILES string of the molecule is CCc1ccc(CNC(C)c2nc3ccccc3[nH]2)o1. The Kier molecular flexibility index (Phi) is 3.56. The van der Waals surface area contributed by atoms with E-state index in [1.165, 1.54) is 0 Å². The molecule has 1 unspecified atom stereocenters. The van der Waals surface area contributed by atoms with Crippen LogP contribution in [0, 0.1) is 0 Å². The molecule has 0 saturated carbocycles. The van der Waals surface area contributed by atoms with E-state index in [0.29, 0.717) is 6.54 Å². The summed E-state index contributed by atoms with van der Waals surface area (Å²) in [6, 6.07) is 12.3. The first-order valence-electron chi connectivity index (χ1n) is 7.02. The van der Waals surface area contributed by atoms with Crippen molar-refractivity contribution in [3.8, 4) is 0 Å². The van der Waals surface area contributed by atoms with E-state index in [1.807, 2.05) is 36.4 Å². The number of H-pyrrole nitrogens is 1. The van der Waals surface area contributed by atoms with Crippen LogP contribution < -0.4 is 5.32 Å². The minimum absolute atomic E-state index is 0.151. The van der Waals surface area contributed by atoms with Gasteiger partial charge in [-0.15, -0.1) is 0 Å². The van der Waals surface area contributed by atoms with Gasteiger partial charge in [-0.3, -0.25) is 0 Å². The number of aromatic nitrogens is 2. The van der Waals surface area contributed by atoms with Gasteiger partial charge in [0, 0.05) is 6.42 Å². The second kappa shape index (κ2) is 5.51. The number of imidazole rings is 1. The van der Waals surface area contributed by atoms with Gasteiger partial charge in [-0.05, 0) is 31.2 Å². The standard InChI is InChI=1S/C16H19N3O/c1-3-12-8-9-13(20-12)10-17-11(2)16-18-14-6-4-5-7-15(14)19-16/h4-9,11,17H,3,10H2,1-2H3,(H,18,19). The quantitative estimate of drug-likeness (QED) is 0.744. The molecule has 2 aromatic heterocycles. The number of hydrogen-bond donors (Lipinski definition) is 2. The summed E-state index contributed by atoms with van der Waals surface area (Å²) in [7, 11) is 0. The number of hydrogen-bond acceptors (Lipinski definition) is 3. The summed E-state index contributed by atoms with van der Waals surface area (Å²) in [5, 5.41) is 3.43. The van der Waals surface area contributed by atoms with E-state index in [0.717, 1.165) is 34.8 Å². The van der Waals surface area contributed by atoms with Gasteiger partial charge < -0.3 is 14.7 Å². The van der Waals surface area contributed by atoms with Gasteiger partial charge in [0.25, 0.3) is 0 Å². The van der Waals surface area contributed by atoms with Crippen LogP contribution in [0.25, 0.3) is 11.0 Å². The number of benzene rings is 1. The number of nitrogens with zero attached hydrogens (tertiary/aromatic N) is 1. The summed E-state index contributed by atoms with van der Waals surface area (Å²) in [4.78, 5) is 7.94. The molecule has 4 heteroatoms. The Hall–Kier alpha value is -2.07. The van der Waals surface area contributed by atoms with Crippen LogP contribution in [-0.2, 0) is 13.0 Å². The summed E-state index contributed by atoms with van der Waals surface area (Å²) in [5.41, 5.74) is 2.07. The first-order valence-corrected chi connectivity index (χ1v) is 7.02. The van der Waals surface area contributed by atoms with E-state index >= 15 is 0 Å². The molecule has 0 amide bonds. The molecule has 20 heavy (non-hydrogen) atoms. The maximum Gasteiger partial charge on any atom is 0.124 e. The Morgan fingerprint density at radius 1 is 1.20 bits per heavy atom. The Bertz CT molecular complexity index is 665. The molecule has 104 valence electrons. The fourth-order valence-electron chi connectivity index (χ4n) is 2.24. The van der Waals surface area contributed by atoms with Gasteiger partial charge in [-0.25, -0.2) is 4.98 Å². The van der Waals surface area contributed by atoms with Gasteiger partial charge in [0.05, 0.1) is 23.6 Å². The molecule has 1 atom stereocenters. The van der Waals surface area contributed by atoms with E-state index in [2.05, 4.69) is 29.1 Å². The highest BCUT2D eigenvalue weighted by Crippen LogP contribution is 2.16. The molecule has 0 radical (unpaired) electrons. The first kappa shape index (κ1) is 12.9. The molecule has 0 aliphatic rings. The highest BCUT2D eigenvalue weighted by Gasteiger charge is 2.11. The van der Waals surface area contributed by atoms with Crippen molar-refractivity contribution in [1.82, 2.24) is 15.3 Å². The fraction of sp³-hybridized carbons (Fsp3) is 0.312. The summed E-state index contributed by atoms with van der Waals surface area (Å²) in [6.07, 6.45) is 0.930. The molecule has 3 aromatic rings. The van der Waals surface area contributed by atoms with E-state index in [4.69, 9.17) is 4.42 Å². The predicted octanol–water partition coefficient (Wildman–Crippen LogP) is 3.57. The first-order chi connectivity index (χ1) is 9.76. The molecular weight excluding hydrogens is 250 g/mol. The van der Waals surface area contributed by atoms with E-state index in [-0.39, 0.29) is 6.04 Å². The van der Waals surface area contributed by atoms with Crippen LogP contribution in [0.2, 0.25) is 0 Å². The van der Waals surface area contributed by atoms with Crippen molar-refractivity contribution in [2.75, 3.05) is 0 Å². The van der Waals surface area contributed by atoms with E-state index < -0.39 is 0 Å². The molecule has 2 heterocycles. The number of nitrogens with one attached hydrogen (secondary N) is 2. The van der Waals surface area contributed by atoms with Crippen LogP contribution in [0.5, 0.6) is 0 Å². The Morgan fingerprint density at radius 3 is 2.75 bits per heavy atom. The van der Waals surface area contributed by atoms with Gasteiger partial charge in [-0.1, -0.05) is 19.1 Å². The van der Waals surface area contributed by atoms with Crippen LogP contribution in [-0.4, -0.2) is 9.97 Å². The van der Waals surface area contributed by atoms with Crippen LogP contribution in [0.1, 0.15) is 37.2 Å². The lowest BCUT2D eigenvalue weighted by Gasteiger charge is -2.09. The third-order valence-corrected chi connectivity index (χ3v) is 3.47. The topological polar surface area (TPSA) is 53.9 Å². The molecule has 0 fully saturated rings. The molecule has 0 aliphatic carbocycles. The summed E-state index contributed by atoms with van der Waals surface area (Å²) in [6.45, 7) is 4.90. The summed E-state index contributed by atoms with van der Waals surface area (Å²) in [5.74, 6) is 2.94. The van der Waals surface area contributed by atoms with Crippen LogP contribution in [0.4, 0.5) is 0 Å². The molecule has 3 rings (SSSR count). The lowest BCUT2D eigenvalue weighted by Crippen LogP contribution is -2.18. The predicted molar refractivity (Wildman–Crippen MR) is 79.4 cm³/mol. The molecular formula is C16H19N3O. The number of aryl methyl sites for hydroxylation is 1. The average molecular weight is 269 g/mol. The fourth-order valence-corrected chi connectivity index (χ4v) is 2.24. The number of furan rings is 1. The molecule has 0 saturated heterocycles. The van der Waals surface area contributed by atoms with Crippen molar-refractivity contribution in [3.05, 3.63) is 53.7 Å². The van der Waals surface area contributed by atoms with Crippen molar-refractivity contribution in [2.24, 2.45) is 0 Å². The monoisotopic (exact) mass is 269 g/mol. The Labute approximate surface area is 118 Å². The third-order valence-electron chi connectivity index (χ3n) is 3.47. The van der Waals surface area contributed by atoms with Crippen LogP contribution >= 0.6 is 0 Å². The highest BCUT2D eigenvalue weighted by atomic mass is 16.3. The Morgan fingerprint density at radius 2 is 2.00 bits per heavy atom. The zero-order chi connectivity index (χ0) is 13.9. The van der Waals surface area contributed by atoms with Gasteiger partial charge in [0.15, 0.2) is 0 Å². The van der Waals surface area contributed by atoms with Crippen LogP contribution in [0.3, 0.4) is 0 Å². The van der Waals surface area contributed by atoms with Crippen molar-refractivity contribution in [2.45, 2.75) is 32.9 Å². The molecule has 1 aromatic carbocycles. The van der Waals surface area contributed by atoms with Gasteiger partial charge in [-0.2, -0.15) is 0 Å². The van der Waals surface area contributed by atoms with Gasteiger partial charge >= 0.3 is 0 Å². The van der Waals surface area contributed by atoms with Crippen molar-refractivity contribution in [3.63, 3.8) is 0 Å². The van der Waals surface area contributed by atoms with E-state index in [1.54, 1.807) is 0 Å². The minimum atomic E-state index is 0.151. The molecule has 0 aliphatic heterocycles. The van der Waals surface area contributed by atoms with Gasteiger partial charge in [0.2, 0.25) is 0 Å². The normalized spacial score (nSPS) is 12.9. The zero-order valence-electron chi connectivity index (χ0n) is 11.8. The molecule has 2 N–H and O–H groups in total.